The number of aryl methyl sites for hydroxylation is 1. The molecule has 0 saturated heterocycles. The first-order valence-corrected chi connectivity index (χ1v) is 11.0. The summed E-state index contributed by atoms with van der Waals surface area (Å²) in [6.45, 7) is 4.02. The van der Waals surface area contributed by atoms with Crippen LogP contribution in [0.15, 0.2) is 48.5 Å². The van der Waals surface area contributed by atoms with Crippen LogP contribution in [0.2, 0.25) is 0 Å². The lowest BCUT2D eigenvalue weighted by Crippen LogP contribution is -2.52. The Morgan fingerprint density at radius 3 is 2.52 bits per heavy atom. The van der Waals surface area contributed by atoms with E-state index in [4.69, 9.17) is 4.74 Å². The molecule has 1 aliphatic rings. The maximum Gasteiger partial charge on any atom is 0.261 e. The third-order valence-corrected chi connectivity index (χ3v) is 5.70. The Morgan fingerprint density at radius 1 is 1.16 bits per heavy atom. The lowest BCUT2D eigenvalue weighted by Gasteiger charge is -2.31. The van der Waals surface area contributed by atoms with Crippen LogP contribution in [0.1, 0.15) is 50.2 Å². The molecule has 5 nitrogen and oxygen atoms in total. The lowest BCUT2D eigenvalue weighted by atomic mass is 10.1. The van der Waals surface area contributed by atoms with Crippen molar-refractivity contribution in [2.24, 2.45) is 0 Å². The van der Waals surface area contributed by atoms with Gasteiger partial charge in [0.05, 0.1) is 0 Å². The fraction of sp³-hybridized carbons (Fsp3) is 0.440. The van der Waals surface area contributed by atoms with Gasteiger partial charge < -0.3 is 15.0 Å². The van der Waals surface area contributed by atoms with Gasteiger partial charge in [0.15, 0.2) is 6.61 Å². The highest BCUT2D eigenvalue weighted by Crippen LogP contribution is 2.20. The van der Waals surface area contributed by atoms with Crippen molar-refractivity contribution >= 4 is 11.8 Å². The Balaban J connectivity index is 1.75. The molecule has 0 aliphatic heterocycles. The van der Waals surface area contributed by atoms with Gasteiger partial charge in [-0.2, -0.15) is 0 Å². The quantitative estimate of drug-likeness (QED) is 0.647. The van der Waals surface area contributed by atoms with Crippen LogP contribution in [-0.4, -0.2) is 35.4 Å². The molecule has 2 amide bonds. The number of amides is 2. The average molecular weight is 427 g/mol. The summed E-state index contributed by atoms with van der Waals surface area (Å²) in [4.78, 5) is 27.8. The van der Waals surface area contributed by atoms with Crippen LogP contribution >= 0.6 is 0 Å². The molecule has 2 aromatic rings. The van der Waals surface area contributed by atoms with Crippen molar-refractivity contribution in [3.63, 3.8) is 0 Å². The molecule has 1 aliphatic carbocycles. The standard InChI is InChI=1S/C25H31FN2O3/c1-3-23(25(30)27-21-9-4-5-10-21)28(16-19-8-6-7-18(2)15-19)24(29)17-31-22-13-11-20(26)12-14-22/h6-8,11-15,21,23H,3-5,9-10,16-17H2,1-2H3,(H,27,30). The zero-order valence-corrected chi connectivity index (χ0v) is 18.3. The van der Waals surface area contributed by atoms with E-state index < -0.39 is 6.04 Å². The Labute approximate surface area is 183 Å². The molecule has 1 N–H and O–H groups in total. The third kappa shape index (κ3) is 6.54. The summed E-state index contributed by atoms with van der Waals surface area (Å²) in [5, 5.41) is 3.13. The molecule has 1 atom stereocenters. The molecule has 1 unspecified atom stereocenters. The summed E-state index contributed by atoms with van der Waals surface area (Å²) >= 11 is 0. The Kier molecular flexibility index (Phi) is 8.04. The minimum atomic E-state index is -0.578. The number of benzene rings is 2. The topological polar surface area (TPSA) is 58.6 Å². The first kappa shape index (κ1) is 22.8. The first-order valence-electron chi connectivity index (χ1n) is 11.0. The molecule has 0 aromatic heterocycles. The molecular formula is C25H31FN2O3. The van der Waals surface area contributed by atoms with Gasteiger partial charge in [0.2, 0.25) is 5.91 Å². The van der Waals surface area contributed by atoms with Crippen LogP contribution in [-0.2, 0) is 16.1 Å². The van der Waals surface area contributed by atoms with Gasteiger partial charge >= 0.3 is 0 Å². The van der Waals surface area contributed by atoms with E-state index in [9.17, 15) is 14.0 Å². The zero-order valence-electron chi connectivity index (χ0n) is 18.3. The summed E-state index contributed by atoms with van der Waals surface area (Å²) < 4.78 is 18.7. The number of halogens is 1. The van der Waals surface area contributed by atoms with Gasteiger partial charge in [0.1, 0.15) is 17.6 Å². The number of hydrogen-bond donors (Lipinski definition) is 1. The number of ether oxygens (including phenoxy) is 1. The highest BCUT2D eigenvalue weighted by molar-refractivity contribution is 5.88. The summed E-state index contributed by atoms with van der Waals surface area (Å²) in [7, 11) is 0. The van der Waals surface area contributed by atoms with E-state index in [2.05, 4.69) is 5.32 Å². The van der Waals surface area contributed by atoms with Crippen LogP contribution in [0.4, 0.5) is 4.39 Å². The largest absolute Gasteiger partial charge is 0.484 e. The predicted molar refractivity (Wildman–Crippen MR) is 118 cm³/mol. The average Bonchev–Trinajstić information content (AvgIpc) is 3.26. The zero-order chi connectivity index (χ0) is 22.2. The van der Waals surface area contributed by atoms with E-state index >= 15 is 0 Å². The van der Waals surface area contributed by atoms with E-state index in [1.807, 2.05) is 38.1 Å². The molecule has 1 fully saturated rings. The van der Waals surface area contributed by atoms with Gasteiger partial charge in [-0.3, -0.25) is 9.59 Å². The van der Waals surface area contributed by atoms with Crippen molar-refractivity contribution in [1.29, 1.82) is 0 Å². The number of carbonyl (C=O) groups is 2. The van der Waals surface area contributed by atoms with Crippen molar-refractivity contribution < 1.29 is 18.7 Å². The highest BCUT2D eigenvalue weighted by Gasteiger charge is 2.30. The van der Waals surface area contributed by atoms with Crippen LogP contribution < -0.4 is 10.1 Å². The third-order valence-electron chi connectivity index (χ3n) is 5.70. The smallest absolute Gasteiger partial charge is 0.261 e. The minimum absolute atomic E-state index is 0.114. The number of hydrogen-bond acceptors (Lipinski definition) is 3. The summed E-state index contributed by atoms with van der Waals surface area (Å²) in [6.07, 6.45) is 4.73. The summed E-state index contributed by atoms with van der Waals surface area (Å²) in [5.41, 5.74) is 2.05. The number of rotatable bonds is 9. The van der Waals surface area contributed by atoms with Gasteiger partial charge in [0, 0.05) is 12.6 Å². The molecule has 0 spiro atoms. The second-order valence-electron chi connectivity index (χ2n) is 8.17. The monoisotopic (exact) mass is 426 g/mol. The SMILES string of the molecule is CCC(C(=O)NC1CCCC1)N(Cc1cccc(C)c1)C(=O)COc1ccc(F)cc1. The fourth-order valence-electron chi connectivity index (χ4n) is 4.05. The second kappa shape index (κ2) is 10.9. The van der Waals surface area contributed by atoms with E-state index in [-0.39, 0.29) is 30.3 Å². The van der Waals surface area contributed by atoms with Crippen LogP contribution in [0, 0.1) is 12.7 Å². The van der Waals surface area contributed by atoms with Gasteiger partial charge in [-0.15, -0.1) is 0 Å². The van der Waals surface area contributed by atoms with Crippen molar-refractivity contribution in [3.05, 3.63) is 65.5 Å². The second-order valence-corrected chi connectivity index (χ2v) is 8.17. The Bertz CT molecular complexity index is 879. The molecule has 0 radical (unpaired) electrons. The van der Waals surface area contributed by atoms with Gasteiger partial charge in [-0.1, -0.05) is 49.6 Å². The van der Waals surface area contributed by atoms with E-state index in [1.54, 1.807) is 4.90 Å². The van der Waals surface area contributed by atoms with Gasteiger partial charge in [-0.05, 0) is 56.0 Å². The van der Waals surface area contributed by atoms with E-state index in [1.165, 1.54) is 24.3 Å². The van der Waals surface area contributed by atoms with Crippen molar-refractivity contribution in [2.75, 3.05) is 6.61 Å². The van der Waals surface area contributed by atoms with E-state index in [0.717, 1.165) is 36.8 Å². The Hall–Kier alpha value is -2.89. The normalized spacial score (nSPS) is 14.8. The molecule has 1 saturated carbocycles. The van der Waals surface area contributed by atoms with Crippen LogP contribution in [0.5, 0.6) is 5.75 Å². The summed E-state index contributed by atoms with van der Waals surface area (Å²) in [6, 6.07) is 13.1. The first-order chi connectivity index (χ1) is 15.0. The van der Waals surface area contributed by atoms with Gasteiger partial charge in [-0.25, -0.2) is 4.39 Å². The summed E-state index contributed by atoms with van der Waals surface area (Å²) in [5.74, 6) is -0.348. The molecule has 31 heavy (non-hydrogen) atoms. The predicted octanol–water partition coefficient (Wildman–Crippen LogP) is 4.38. The molecule has 2 aromatic carbocycles. The molecule has 166 valence electrons. The van der Waals surface area contributed by atoms with Crippen LogP contribution in [0.3, 0.4) is 0 Å². The van der Waals surface area contributed by atoms with Crippen molar-refractivity contribution in [1.82, 2.24) is 10.2 Å². The number of carbonyl (C=O) groups excluding carboxylic acids is 2. The number of nitrogens with zero attached hydrogens (tertiary/aromatic N) is 1. The van der Waals surface area contributed by atoms with Crippen LogP contribution in [0.25, 0.3) is 0 Å². The fourth-order valence-corrected chi connectivity index (χ4v) is 4.05. The van der Waals surface area contributed by atoms with Crippen molar-refractivity contribution in [2.45, 2.75) is 64.6 Å². The van der Waals surface area contributed by atoms with Gasteiger partial charge in [0.25, 0.3) is 5.91 Å². The van der Waals surface area contributed by atoms with E-state index in [0.29, 0.717) is 18.7 Å². The highest BCUT2D eigenvalue weighted by atomic mass is 19.1. The molecule has 0 heterocycles. The maximum absolute atomic E-state index is 13.2. The molecular weight excluding hydrogens is 395 g/mol. The minimum Gasteiger partial charge on any atom is -0.484 e. The maximum atomic E-state index is 13.2. The number of nitrogens with one attached hydrogen (secondary N) is 1. The van der Waals surface area contributed by atoms with Crippen molar-refractivity contribution in [3.8, 4) is 5.75 Å². The lowest BCUT2D eigenvalue weighted by molar-refractivity contribution is -0.143. The Morgan fingerprint density at radius 2 is 1.87 bits per heavy atom. The molecule has 0 bridgehead atoms. The molecule has 3 rings (SSSR count). The molecule has 6 heteroatoms.